The summed E-state index contributed by atoms with van der Waals surface area (Å²) >= 11 is 0. The van der Waals surface area contributed by atoms with Crippen LogP contribution in [0.1, 0.15) is 48.0 Å². The van der Waals surface area contributed by atoms with Crippen molar-refractivity contribution in [3.8, 4) is 0 Å². The van der Waals surface area contributed by atoms with Crippen LogP contribution in [0.3, 0.4) is 0 Å². The predicted molar refractivity (Wildman–Crippen MR) is 77.2 cm³/mol. The summed E-state index contributed by atoms with van der Waals surface area (Å²) in [6.07, 6.45) is 5.24. The lowest BCUT2D eigenvalue weighted by Crippen LogP contribution is -2.16. The topological polar surface area (TPSA) is 47.6 Å². The lowest BCUT2D eigenvalue weighted by molar-refractivity contribution is 0.0526. The number of nitrogens with one attached hydrogen (secondary N) is 1. The summed E-state index contributed by atoms with van der Waals surface area (Å²) in [5, 5.41) is 0. The Kier molecular flexibility index (Phi) is 5.18. The van der Waals surface area contributed by atoms with Crippen molar-refractivity contribution in [2.24, 2.45) is 0 Å². The summed E-state index contributed by atoms with van der Waals surface area (Å²) < 4.78 is 4.98. The van der Waals surface area contributed by atoms with E-state index in [0.29, 0.717) is 18.1 Å². The molecule has 0 fully saturated rings. The van der Waals surface area contributed by atoms with E-state index in [1.807, 2.05) is 31.2 Å². The molecule has 1 aliphatic carbocycles. The summed E-state index contributed by atoms with van der Waals surface area (Å²) in [4.78, 5) is 16.5. The molecule has 0 aromatic heterocycles. The summed E-state index contributed by atoms with van der Waals surface area (Å²) in [7, 11) is 1.63. The van der Waals surface area contributed by atoms with E-state index in [2.05, 4.69) is 11.6 Å². The van der Waals surface area contributed by atoms with Gasteiger partial charge in [0.15, 0.2) is 0 Å². The molecule has 0 saturated carbocycles. The molecule has 0 bridgehead atoms. The molecule has 0 saturated heterocycles. The average Bonchev–Trinajstić information content (AvgIpc) is 2.49. The van der Waals surface area contributed by atoms with Gasteiger partial charge in [0.2, 0.25) is 0 Å². The molecule has 4 nitrogen and oxygen atoms in total. The van der Waals surface area contributed by atoms with E-state index in [0.717, 1.165) is 25.0 Å². The number of ether oxygens (including phenoxy) is 1. The Morgan fingerprint density at radius 2 is 2.10 bits per heavy atom. The molecule has 1 N–H and O–H groups in total. The van der Waals surface area contributed by atoms with Gasteiger partial charge in [0, 0.05) is 5.70 Å². The molecule has 0 heterocycles. The number of carbonyl (C=O) groups excluding carboxylic acids is 1. The fourth-order valence-corrected chi connectivity index (χ4v) is 2.47. The molecule has 0 spiro atoms. The van der Waals surface area contributed by atoms with E-state index in [-0.39, 0.29) is 5.97 Å². The normalized spacial score (nSPS) is 18.3. The van der Waals surface area contributed by atoms with E-state index < -0.39 is 0 Å². The van der Waals surface area contributed by atoms with E-state index in [9.17, 15) is 4.79 Å². The molecular weight excluding hydrogens is 254 g/mol. The number of rotatable bonds is 5. The van der Waals surface area contributed by atoms with Crippen molar-refractivity contribution < 1.29 is 14.4 Å². The predicted octanol–water partition coefficient (Wildman–Crippen LogP) is 3.17. The van der Waals surface area contributed by atoms with E-state index in [1.54, 1.807) is 7.11 Å². The van der Waals surface area contributed by atoms with E-state index in [4.69, 9.17) is 9.57 Å². The molecule has 1 atom stereocenters. The van der Waals surface area contributed by atoms with Crippen LogP contribution in [0.15, 0.2) is 36.0 Å². The zero-order valence-electron chi connectivity index (χ0n) is 12.0. The highest BCUT2D eigenvalue weighted by molar-refractivity contribution is 5.89. The lowest BCUT2D eigenvalue weighted by atomic mass is 9.86. The van der Waals surface area contributed by atoms with Gasteiger partial charge in [0.05, 0.1) is 19.3 Å². The van der Waals surface area contributed by atoms with Crippen molar-refractivity contribution >= 4 is 5.97 Å². The Bertz CT molecular complexity index is 479. The summed E-state index contributed by atoms with van der Waals surface area (Å²) in [5.74, 6) is 0.253. The summed E-state index contributed by atoms with van der Waals surface area (Å²) in [6, 6.07) is 7.75. The maximum absolute atomic E-state index is 11.6. The van der Waals surface area contributed by atoms with Gasteiger partial charge in [-0.2, -0.15) is 0 Å². The number of hydroxylamine groups is 1. The highest BCUT2D eigenvalue weighted by Crippen LogP contribution is 2.31. The average molecular weight is 275 g/mol. The van der Waals surface area contributed by atoms with Gasteiger partial charge in [0.25, 0.3) is 0 Å². The van der Waals surface area contributed by atoms with Gasteiger partial charge in [0.1, 0.15) is 0 Å². The van der Waals surface area contributed by atoms with Crippen LogP contribution in [0.2, 0.25) is 0 Å². The Morgan fingerprint density at radius 1 is 1.35 bits per heavy atom. The number of carbonyl (C=O) groups is 1. The van der Waals surface area contributed by atoms with Gasteiger partial charge in [-0.3, -0.25) is 10.3 Å². The van der Waals surface area contributed by atoms with Crippen molar-refractivity contribution in [2.45, 2.75) is 32.1 Å². The minimum Gasteiger partial charge on any atom is -0.462 e. The number of hydrogen-bond donors (Lipinski definition) is 1. The molecule has 0 radical (unpaired) electrons. The van der Waals surface area contributed by atoms with Gasteiger partial charge in [-0.15, -0.1) is 0 Å². The van der Waals surface area contributed by atoms with Crippen LogP contribution in [0.5, 0.6) is 0 Å². The summed E-state index contributed by atoms with van der Waals surface area (Å²) in [5.41, 5.74) is 5.92. The highest BCUT2D eigenvalue weighted by Gasteiger charge is 2.17. The van der Waals surface area contributed by atoms with Crippen LogP contribution >= 0.6 is 0 Å². The number of esters is 1. The van der Waals surface area contributed by atoms with E-state index in [1.165, 1.54) is 5.56 Å². The lowest BCUT2D eigenvalue weighted by Gasteiger charge is -2.22. The SMILES string of the molecule is CCOC(=O)c1ccc(C2CC=C(NOC)CC2)cc1. The van der Waals surface area contributed by atoms with Gasteiger partial charge in [-0.25, -0.2) is 4.79 Å². The van der Waals surface area contributed by atoms with Crippen LogP contribution in [0.25, 0.3) is 0 Å². The maximum atomic E-state index is 11.6. The molecule has 0 amide bonds. The molecule has 108 valence electrons. The zero-order valence-corrected chi connectivity index (χ0v) is 12.0. The minimum atomic E-state index is -0.255. The summed E-state index contributed by atoms with van der Waals surface area (Å²) in [6.45, 7) is 2.22. The largest absolute Gasteiger partial charge is 0.462 e. The second kappa shape index (κ2) is 7.10. The number of hydrogen-bond acceptors (Lipinski definition) is 4. The first-order chi connectivity index (χ1) is 9.74. The molecule has 1 aromatic rings. The Labute approximate surface area is 119 Å². The fraction of sp³-hybridized carbons (Fsp3) is 0.438. The first-order valence-electron chi connectivity index (χ1n) is 6.99. The minimum absolute atomic E-state index is 0.255. The molecule has 1 aliphatic rings. The first-order valence-corrected chi connectivity index (χ1v) is 6.99. The number of allylic oxidation sites excluding steroid dienone is 2. The third-order valence-electron chi connectivity index (χ3n) is 3.54. The van der Waals surface area contributed by atoms with Crippen LogP contribution in [-0.4, -0.2) is 19.7 Å². The molecule has 4 heteroatoms. The van der Waals surface area contributed by atoms with Crippen molar-refractivity contribution in [1.29, 1.82) is 0 Å². The van der Waals surface area contributed by atoms with Crippen molar-refractivity contribution in [3.05, 3.63) is 47.2 Å². The molecule has 20 heavy (non-hydrogen) atoms. The molecule has 0 aliphatic heterocycles. The zero-order chi connectivity index (χ0) is 14.4. The standard InChI is InChI=1S/C16H21NO3/c1-3-20-16(18)14-6-4-12(5-7-14)13-8-10-15(11-9-13)17-19-2/h4-7,10,13,17H,3,8-9,11H2,1-2H3. The van der Waals surface area contributed by atoms with Crippen molar-refractivity contribution in [3.63, 3.8) is 0 Å². The first kappa shape index (κ1) is 14.6. The highest BCUT2D eigenvalue weighted by atomic mass is 16.6. The second-order valence-corrected chi connectivity index (χ2v) is 4.85. The molecule has 2 rings (SSSR count). The molecular formula is C16H21NO3. The van der Waals surface area contributed by atoms with Gasteiger partial charge in [-0.05, 0) is 49.8 Å². The van der Waals surface area contributed by atoms with Crippen molar-refractivity contribution in [1.82, 2.24) is 5.48 Å². The van der Waals surface area contributed by atoms with Crippen LogP contribution < -0.4 is 5.48 Å². The smallest absolute Gasteiger partial charge is 0.338 e. The Balaban J connectivity index is 1.99. The third kappa shape index (κ3) is 3.61. The van der Waals surface area contributed by atoms with Crippen LogP contribution in [0.4, 0.5) is 0 Å². The quantitative estimate of drug-likeness (QED) is 0.662. The molecule has 1 aromatic carbocycles. The Hall–Kier alpha value is -1.81. The monoisotopic (exact) mass is 275 g/mol. The second-order valence-electron chi connectivity index (χ2n) is 4.85. The van der Waals surface area contributed by atoms with Crippen LogP contribution in [0, 0.1) is 0 Å². The van der Waals surface area contributed by atoms with Gasteiger partial charge < -0.3 is 4.74 Å². The maximum Gasteiger partial charge on any atom is 0.338 e. The van der Waals surface area contributed by atoms with Gasteiger partial charge in [-0.1, -0.05) is 18.2 Å². The fourth-order valence-electron chi connectivity index (χ4n) is 2.47. The number of benzene rings is 1. The Morgan fingerprint density at radius 3 is 2.65 bits per heavy atom. The van der Waals surface area contributed by atoms with Gasteiger partial charge >= 0.3 is 5.97 Å². The molecule has 1 unspecified atom stereocenters. The third-order valence-corrected chi connectivity index (χ3v) is 3.54. The van der Waals surface area contributed by atoms with Crippen molar-refractivity contribution in [2.75, 3.05) is 13.7 Å². The van der Waals surface area contributed by atoms with E-state index >= 15 is 0 Å². The van der Waals surface area contributed by atoms with Crippen LogP contribution in [-0.2, 0) is 9.57 Å².